The van der Waals surface area contributed by atoms with E-state index in [0.29, 0.717) is 11.3 Å². The normalized spacial score (nSPS) is 16.7. The summed E-state index contributed by atoms with van der Waals surface area (Å²) in [7, 11) is 0. The fourth-order valence-electron chi connectivity index (χ4n) is 4.70. The molecule has 1 aliphatic carbocycles. The van der Waals surface area contributed by atoms with E-state index in [4.69, 9.17) is 9.26 Å². The number of fused-ring (bicyclic) bond motifs is 1. The highest BCUT2D eigenvalue weighted by atomic mass is 19.3. The third-order valence-corrected chi connectivity index (χ3v) is 6.30. The van der Waals surface area contributed by atoms with Crippen LogP contribution in [-0.4, -0.2) is 31.6 Å². The molecular formula is C24H29F2N5O4. The van der Waals surface area contributed by atoms with Crippen LogP contribution >= 0.6 is 0 Å². The second kappa shape index (κ2) is 10.5. The fraction of sp³-hybridized carbons (Fsp3) is 0.542. The number of carbonyl (C=O) groups excluding carboxylic acids is 2. The SMILES string of the molecule is CC(=O)NC1(c2noc(CCC(=O)OC(C)c3nc4ccccc4n3C(F)F)n2)CCCCCC1. The Bertz CT molecular complexity index is 1180. The van der Waals surface area contributed by atoms with Crippen LogP contribution in [0.3, 0.4) is 0 Å². The highest BCUT2D eigenvalue weighted by Crippen LogP contribution is 2.35. The van der Waals surface area contributed by atoms with Gasteiger partial charge in [-0.3, -0.25) is 14.2 Å². The van der Waals surface area contributed by atoms with Crippen molar-refractivity contribution in [2.24, 2.45) is 0 Å². The van der Waals surface area contributed by atoms with E-state index in [0.717, 1.165) is 43.1 Å². The Balaban J connectivity index is 1.41. The monoisotopic (exact) mass is 489 g/mol. The zero-order valence-corrected chi connectivity index (χ0v) is 19.8. The Labute approximate surface area is 201 Å². The maximum absolute atomic E-state index is 13.7. The van der Waals surface area contributed by atoms with Crippen LogP contribution < -0.4 is 5.32 Å². The summed E-state index contributed by atoms with van der Waals surface area (Å²) in [6.07, 6.45) is 4.55. The van der Waals surface area contributed by atoms with Gasteiger partial charge in [-0.2, -0.15) is 13.8 Å². The molecule has 9 nitrogen and oxygen atoms in total. The second-order valence-electron chi connectivity index (χ2n) is 8.93. The average molecular weight is 490 g/mol. The average Bonchev–Trinajstić information content (AvgIpc) is 3.38. The van der Waals surface area contributed by atoms with Crippen molar-refractivity contribution < 1.29 is 27.6 Å². The van der Waals surface area contributed by atoms with Gasteiger partial charge in [-0.1, -0.05) is 43.0 Å². The van der Waals surface area contributed by atoms with Crippen LogP contribution in [0.2, 0.25) is 0 Å². The first-order valence-electron chi connectivity index (χ1n) is 11.9. The summed E-state index contributed by atoms with van der Waals surface area (Å²) in [6.45, 7) is 0.148. The molecule has 1 amide bonds. The third kappa shape index (κ3) is 5.49. The first-order valence-corrected chi connectivity index (χ1v) is 11.9. The summed E-state index contributed by atoms with van der Waals surface area (Å²) in [4.78, 5) is 33.0. The van der Waals surface area contributed by atoms with Gasteiger partial charge in [-0.15, -0.1) is 0 Å². The molecule has 0 aliphatic heterocycles. The van der Waals surface area contributed by atoms with Crippen LogP contribution in [0.25, 0.3) is 11.0 Å². The maximum atomic E-state index is 13.7. The number of alkyl halides is 2. The van der Waals surface area contributed by atoms with Gasteiger partial charge in [0, 0.05) is 13.3 Å². The molecule has 35 heavy (non-hydrogen) atoms. The van der Waals surface area contributed by atoms with E-state index in [9.17, 15) is 18.4 Å². The molecule has 188 valence electrons. The van der Waals surface area contributed by atoms with Crippen molar-refractivity contribution in [3.05, 3.63) is 41.8 Å². The van der Waals surface area contributed by atoms with E-state index in [-0.39, 0.29) is 36.0 Å². The molecule has 1 atom stereocenters. The van der Waals surface area contributed by atoms with E-state index < -0.39 is 24.2 Å². The zero-order chi connectivity index (χ0) is 25.0. The standard InChI is InChI=1S/C24H29F2N5O4/c1-15(21-27-17-9-5-6-10-18(17)31(21)23(25)26)34-20(33)12-11-19-28-22(30-35-19)24(29-16(2)32)13-7-3-4-8-14-24/h5-6,9-10,15,23H,3-4,7-8,11-14H2,1-2H3,(H,29,32). The molecule has 1 fully saturated rings. The van der Waals surface area contributed by atoms with Gasteiger partial charge in [0.05, 0.1) is 17.5 Å². The lowest BCUT2D eigenvalue weighted by Gasteiger charge is -2.30. The number of nitrogens with zero attached hydrogens (tertiary/aromatic N) is 4. The minimum atomic E-state index is -2.82. The number of halogens is 2. The van der Waals surface area contributed by atoms with Crippen molar-refractivity contribution in [2.45, 2.75) is 83.4 Å². The number of amides is 1. The summed E-state index contributed by atoms with van der Waals surface area (Å²) in [5, 5.41) is 7.11. The van der Waals surface area contributed by atoms with Gasteiger partial charge in [0.2, 0.25) is 11.8 Å². The maximum Gasteiger partial charge on any atom is 0.320 e. The molecule has 1 saturated carbocycles. The number of nitrogens with one attached hydrogen (secondary N) is 1. The number of imidazole rings is 1. The largest absolute Gasteiger partial charge is 0.454 e. The zero-order valence-electron chi connectivity index (χ0n) is 19.8. The fourth-order valence-corrected chi connectivity index (χ4v) is 4.70. The van der Waals surface area contributed by atoms with E-state index in [1.54, 1.807) is 24.3 Å². The van der Waals surface area contributed by atoms with Crippen LogP contribution in [0.15, 0.2) is 28.8 Å². The highest BCUT2D eigenvalue weighted by molar-refractivity contribution is 5.76. The Morgan fingerprint density at radius 1 is 1.17 bits per heavy atom. The van der Waals surface area contributed by atoms with Crippen LogP contribution in [0.4, 0.5) is 8.78 Å². The number of benzene rings is 1. The van der Waals surface area contributed by atoms with Gasteiger partial charge in [0.25, 0.3) is 0 Å². The number of aromatic nitrogens is 4. The predicted octanol–water partition coefficient (Wildman–Crippen LogP) is 4.74. The van der Waals surface area contributed by atoms with Crippen LogP contribution in [0.1, 0.15) is 89.0 Å². The first-order chi connectivity index (χ1) is 16.8. The van der Waals surface area contributed by atoms with E-state index >= 15 is 0 Å². The lowest BCUT2D eigenvalue weighted by molar-refractivity contribution is -0.149. The molecule has 4 rings (SSSR count). The van der Waals surface area contributed by atoms with Gasteiger partial charge >= 0.3 is 12.5 Å². The van der Waals surface area contributed by atoms with E-state index in [1.807, 2.05) is 0 Å². The second-order valence-corrected chi connectivity index (χ2v) is 8.93. The summed E-state index contributed by atoms with van der Waals surface area (Å²) in [5.41, 5.74) is -0.00547. The molecule has 3 aromatic rings. The van der Waals surface area contributed by atoms with Crippen LogP contribution in [0.5, 0.6) is 0 Å². The predicted molar refractivity (Wildman–Crippen MR) is 121 cm³/mol. The molecule has 11 heteroatoms. The number of hydrogen-bond donors (Lipinski definition) is 1. The van der Waals surface area contributed by atoms with Gasteiger partial charge in [0.1, 0.15) is 5.54 Å². The summed E-state index contributed by atoms with van der Waals surface area (Å²) < 4.78 is 38.9. The van der Waals surface area contributed by atoms with Crippen molar-refractivity contribution in [1.29, 1.82) is 0 Å². The molecule has 2 aromatic heterocycles. The van der Waals surface area contributed by atoms with Crippen LogP contribution in [-0.2, 0) is 26.3 Å². The van der Waals surface area contributed by atoms with Gasteiger partial charge in [0.15, 0.2) is 17.8 Å². The van der Waals surface area contributed by atoms with Crippen molar-refractivity contribution >= 4 is 22.9 Å². The number of aryl methyl sites for hydroxylation is 1. The number of ether oxygens (including phenoxy) is 1. The minimum Gasteiger partial charge on any atom is -0.454 e. The van der Waals surface area contributed by atoms with E-state index in [2.05, 4.69) is 20.4 Å². The van der Waals surface area contributed by atoms with Crippen LogP contribution in [0, 0.1) is 0 Å². The van der Waals surface area contributed by atoms with Crippen molar-refractivity contribution in [3.8, 4) is 0 Å². The molecule has 1 unspecified atom stereocenters. The minimum absolute atomic E-state index is 0.0276. The number of rotatable bonds is 8. The Morgan fingerprint density at radius 2 is 1.89 bits per heavy atom. The van der Waals surface area contributed by atoms with Gasteiger partial charge in [-0.25, -0.2) is 4.98 Å². The van der Waals surface area contributed by atoms with E-state index in [1.165, 1.54) is 13.8 Å². The molecule has 1 aliphatic rings. The number of para-hydroxylation sites is 2. The molecular weight excluding hydrogens is 460 g/mol. The molecule has 2 heterocycles. The summed E-state index contributed by atoms with van der Waals surface area (Å²) >= 11 is 0. The molecule has 0 spiro atoms. The number of carbonyl (C=O) groups is 2. The molecule has 1 aromatic carbocycles. The topological polar surface area (TPSA) is 112 Å². The Kier molecular flexibility index (Phi) is 7.42. The highest BCUT2D eigenvalue weighted by Gasteiger charge is 2.38. The smallest absolute Gasteiger partial charge is 0.320 e. The van der Waals surface area contributed by atoms with Crippen molar-refractivity contribution in [2.75, 3.05) is 0 Å². The van der Waals surface area contributed by atoms with Crippen molar-refractivity contribution in [3.63, 3.8) is 0 Å². The lowest BCUT2D eigenvalue weighted by Crippen LogP contribution is -2.45. The first kappa shape index (κ1) is 24.7. The molecule has 0 saturated heterocycles. The Morgan fingerprint density at radius 3 is 2.57 bits per heavy atom. The lowest BCUT2D eigenvalue weighted by atomic mass is 9.89. The summed E-state index contributed by atoms with van der Waals surface area (Å²) in [6, 6.07) is 6.52. The molecule has 1 N–H and O–H groups in total. The van der Waals surface area contributed by atoms with Gasteiger partial charge in [-0.05, 0) is 31.9 Å². The Hall–Kier alpha value is -3.37. The molecule has 0 radical (unpaired) electrons. The van der Waals surface area contributed by atoms with Gasteiger partial charge < -0.3 is 14.6 Å². The third-order valence-electron chi connectivity index (χ3n) is 6.30. The molecule has 0 bridgehead atoms. The number of esters is 1. The van der Waals surface area contributed by atoms with Crippen molar-refractivity contribution in [1.82, 2.24) is 25.0 Å². The quantitative estimate of drug-likeness (QED) is 0.359. The number of hydrogen-bond acceptors (Lipinski definition) is 7. The summed E-state index contributed by atoms with van der Waals surface area (Å²) in [5.74, 6) is -0.127.